The largest absolute Gasteiger partial charge is 0.381 e. The van der Waals surface area contributed by atoms with Crippen molar-refractivity contribution in [1.82, 2.24) is 0 Å². The summed E-state index contributed by atoms with van der Waals surface area (Å²) in [7, 11) is 0. The first-order chi connectivity index (χ1) is 10.1. The van der Waals surface area contributed by atoms with Gasteiger partial charge in [-0.05, 0) is 49.3 Å². The van der Waals surface area contributed by atoms with Crippen molar-refractivity contribution in [1.29, 1.82) is 0 Å². The van der Waals surface area contributed by atoms with Crippen molar-refractivity contribution in [2.75, 3.05) is 5.32 Å². The molecule has 1 aromatic rings. The lowest BCUT2D eigenvalue weighted by Crippen LogP contribution is -2.34. The van der Waals surface area contributed by atoms with Crippen LogP contribution in [-0.4, -0.2) is 11.9 Å². The summed E-state index contributed by atoms with van der Waals surface area (Å²) in [6.07, 6.45) is 9.31. The van der Waals surface area contributed by atoms with Gasteiger partial charge in [-0.25, -0.2) is 0 Å². The number of anilines is 1. The first kappa shape index (κ1) is 14.7. The van der Waals surface area contributed by atoms with Gasteiger partial charge in [0.05, 0.1) is 10.7 Å². The average Bonchev–Trinajstić information content (AvgIpc) is 2.49. The van der Waals surface area contributed by atoms with Crippen molar-refractivity contribution in [2.45, 2.75) is 51.0 Å². The second-order valence-electron chi connectivity index (χ2n) is 6.52. The van der Waals surface area contributed by atoms with Crippen LogP contribution in [0, 0.1) is 11.8 Å². The molecule has 0 radical (unpaired) electrons. The summed E-state index contributed by atoms with van der Waals surface area (Å²) in [5, 5.41) is 4.20. The third-order valence-corrected chi connectivity index (χ3v) is 5.48. The maximum atomic E-state index is 11.3. The molecule has 2 fully saturated rings. The molecule has 0 bridgehead atoms. The molecule has 21 heavy (non-hydrogen) atoms. The van der Waals surface area contributed by atoms with E-state index in [1.165, 1.54) is 44.9 Å². The topological polar surface area (TPSA) is 55.1 Å². The van der Waals surface area contributed by atoms with Gasteiger partial charge in [-0.1, -0.05) is 37.3 Å². The number of benzene rings is 1. The lowest BCUT2D eigenvalue weighted by atomic mass is 9.69. The van der Waals surface area contributed by atoms with E-state index in [9.17, 15) is 4.79 Å². The summed E-state index contributed by atoms with van der Waals surface area (Å²) < 4.78 is 0. The molecular formula is C17H23ClN2O. The highest BCUT2D eigenvalue weighted by atomic mass is 35.5. The summed E-state index contributed by atoms with van der Waals surface area (Å²) in [4.78, 5) is 11.3. The van der Waals surface area contributed by atoms with E-state index in [-0.39, 0.29) is 0 Å². The molecular weight excluding hydrogens is 284 g/mol. The highest BCUT2D eigenvalue weighted by Gasteiger charge is 2.32. The second kappa shape index (κ2) is 6.27. The van der Waals surface area contributed by atoms with Crippen LogP contribution in [0.25, 0.3) is 0 Å². The molecule has 0 saturated heterocycles. The molecule has 3 atom stereocenters. The molecule has 0 aliphatic heterocycles. The Bertz CT molecular complexity index is 532. The Balaban J connectivity index is 1.69. The van der Waals surface area contributed by atoms with Crippen LogP contribution in [0.2, 0.25) is 5.02 Å². The molecule has 2 aliphatic rings. The summed E-state index contributed by atoms with van der Waals surface area (Å²) in [6, 6.07) is 5.66. The van der Waals surface area contributed by atoms with Crippen LogP contribution in [0.4, 0.5) is 5.69 Å². The smallest absolute Gasteiger partial charge is 0.248 e. The molecule has 3 unspecified atom stereocenters. The Labute approximate surface area is 131 Å². The minimum Gasteiger partial charge on any atom is -0.381 e. The van der Waals surface area contributed by atoms with E-state index < -0.39 is 5.91 Å². The number of hydrogen-bond acceptors (Lipinski definition) is 2. The quantitative estimate of drug-likeness (QED) is 0.879. The molecule has 114 valence electrons. The zero-order valence-corrected chi connectivity index (χ0v) is 13.0. The molecule has 3 nitrogen and oxygen atoms in total. The molecule has 0 spiro atoms. The number of rotatable bonds is 3. The number of carbonyl (C=O) groups is 1. The van der Waals surface area contributed by atoms with Crippen LogP contribution < -0.4 is 11.1 Å². The van der Waals surface area contributed by atoms with E-state index in [4.69, 9.17) is 17.3 Å². The lowest BCUT2D eigenvalue weighted by molar-refractivity contribution is 0.100. The summed E-state index contributed by atoms with van der Waals surface area (Å²) in [5.74, 6) is 1.39. The standard InChI is InChI=1S/C17H23ClN2O/c18-15-8-6-13(17(19)21)10-16(15)20-14-7-5-11-3-1-2-4-12(11)9-14/h6,8,10-12,14,20H,1-5,7,9H2,(H2,19,21). The summed E-state index contributed by atoms with van der Waals surface area (Å²) in [5.41, 5.74) is 6.69. The number of hydrogen-bond donors (Lipinski definition) is 2. The lowest BCUT2D eigenvalue weighted by Gasteiger charge is -2.40. The van der Waals surface area contributed by atoms with Crippen molar-refractivity contribution < 1.29 is 4.79 Å². The van der Waals surface area contributed by atoms with Gasteiger partial charge in [0.15, 0.2) is 0 Å². The van der Waals surface area contributed by atoms with Crippen molar-refractivity contribution in [3.63, 3.8) is 0 Å². The van der Waals surface area contributed by atoms with Crippen molar-refractivity contribution >= 4 is 23.2 Å². The van der Waals surface area contributed by atoms with E-state index in [0.717, 1.165) is 17.5 Å². The number of halogens is 1. The number of nitrogens with two attached hydrogens (primary N) is 1. The van der Waals surface area contributed by atoms with Crippen LogP contribution in [0.3, 0.4) is 0 Å². The van der Waals surface area contributed by atoms with Crippen molar-refractivity contribution in [3.8, 4) is 0 Å². The van der Waals surface area contributed by atoms with Gasteiger partial charge in [-0.2, -0.15) is 0 Å². The Morgan fingerprint density at radius 1 is 1.14 bits per heavy atom. The van der Waals surface area contributed by atoms with Crippen LogP contribution in [0.15, 0.2) is 18.2 Å². The van der Waals surface area contributed by atoms with Crippen LogP contribution in [-0.2, 0) is 0 Å². The predicted molar refractivity (Wildman–Crippen MR) is 86.7 cm³/mol. The maximum Gasteiger partial charge on any atom is 0.248 e. The van der Waals surface area contributed by atoms with Crippen LogP contribution >= 0.6 is 11.6 Å². The van der Waals surface area contributed by atoms with Crippen LogP contribution in [0.5, 0.6) is 0 Å². The number of amides is 1. The Kier molecular flexibility index (Phi) is 4.39. The Morgan fingerprint density at radius 2 is 1.90 bits per heavy atom. The minimum absolute atomic E-state index is 0.411. The predicted octanol–water partition coefficient (Wildman–Crippen LogP) is 4.21. The van der Waals surface area contributed by atoms with Gasteiger partial charge in [-0.15, -0.1) is 0 Å². The number of nitrogens with one attached hydrogen (secondary N) is 1. The first-order valence-corrected chi connectivity index (χ1v) is 8.37. The number of carbonyl (C=O) groups excluding carboxylic acids is 1. The first-order valence-electron chi connectivity index (χ1n) is 7.99. The zero-order valence-electron chi connectivity index (χ0n) is 12.3. The summed E-state index contributed by atoms with van der Waals surface area (Å²) >= 11 is 6.24. The third-order valence-electron chi connectivity index (χ3n) is 5.15. The Morgan fingerprint density at radius 3 is 2.67 bits per heavy atom. The number of fused-ring (bicyclic) bond motifs is 1. The van der Waals surface area contributed by atoms with E-state index in [1.54, 1.807) is 18.2 Å². The van der Waals surface area contributed by atoms with Gasteiger partial charge >= 0.3 is 0 Å². The van der Waals surface area contributed by atoms with E-state index in [2.05, 4.69) is 5.32 Å². The van der Waals surface area contributed by atoms with Gasteiger partial charge in [0.1, 0.15) is 0 Å². The fourth-order valence-electron chi connectivity index (χ4n) is 4.01. The molecule has 1 aromatic carbocycles. The monoisotopic (exact) mass is 306 g/mol. The second-order valence-corrected chi connectivity index (χ2v) is 6.93. The third kappa shape index (κ3) is 3.34. The summed E-state index contributed by atoms with van der Waals surface area (Å²) in [6.45, 7) is 0. The highest BCUT2D eigenvalue weighted by molar-refractivity contribution is 6.33. The van der Waals surface area contributed by atoms with Crippen molar-refractivity contribution in [2.24, 2.45) is 17.6 Å². The molecule has 2 saturated carbocycles. The normalized spacial score (nSPS) is 28.7. The van der Waals surface area contributed by atoms with E-state index in [1.807, 2.05) is 0 Å². The van der Waals surface area contributed by atoms with Crippen LogP contribution in [0.1, 0.15) is 55.3 Å². The van der Waals surface area contributed by atoms with Gasteiger partial charge < -0.3 is 11.1 Å². The highest BCUT2D eigenvalue weighted by Crippen LogP contribution is 2.41. The average molecular weight is 307 g/mol. The molecule has 3 N–H and O–H groups in total. The fourth-order valence-corrected chi connectivity index (χ4v) is 4.19. The Hall–Kier alpha value is -1.22. The molecule has 0 heterocycles. The molecule has 2 aliphatic carbocycles. The number of primary amides is 1. The molecule has 0 aromatic heterocycles. The van der Waals surface area contributed by atoms with Gasteiger partial charge in [0, 0.05) is 11.6 Å². The van der Waals surface area contributed by atoms with Gasteiger partial charge in [-0.3, -0.25) is 4.79 Å². The molecule has 3 rings (SSSR count). The maximum absolute atomic E-state index is 11.3. The zero-order chi connectivity index (χ0) is 14.8. The SMILES string of the molecule is NC(=O)c1ccc(Cl)c(NC2CCC3CCCCC3C2)c1. The molecule has 4 heteroatoms. The van der Waals surface area contributed by atoms with Gasteiger partial charge in [0.2, 0.25) is 5.91 Å². The minimum atomic E-state index is -0.411. The van der Waals surface area contributed by atoms with Gasteiger partial charge in [0.25, 0.3) is 0 Å². The van der Waals surface area contributed by atoms with Crippen molar-refractivity contribution in [3.05, 3.63) is 28.8 Å². The van der Waals surface area contributed by atoms with E-state index in [0.29, 0.717) is 16.6 Å². The van der Waals surface area contributed by atoms with E-state index >= 15 is 0 Å². The fraction of sp³-hybridized carbons (Fsp3) is 0.588. The molecule has 1 amide bonds.